The molecule has 0 aliphatic carbocycles. The predicted molar refractivity (Wildman–Crippen MR) is 86.8 cm³/mol. The van der Waals surface area contributed by atoms with Crippen LogP contribution >= 0.6 is 11.8 Å². The molecule has 122 valence electrons. The number of hydrogen-bond donors (Lipinski definition) is 0. The van der Waals surface area contributed by atoms with Gasteiger partial charge < -0.3 is 0 Å². The van der Waals surface area contributed by atoms with Gasteiger partial charge in [-0.1, -0.05) is 27.7 Å². The van der Waals surface area contributed by atoms with Gasteiger partial charge in [-0.15, -0.1) is 11.8 Å². The van der Waals surface area contributed by atoms with Crippen LogP contribution in [0, 0.1) is 11.8 Å². The SMILES string of the molecule is CC[C@H]1S[C@@H](n2ccc(CC(=O)C(C)C)nc2=O)[C@@H](F)[C@@H]1C. The molecule has 6 heteroatoms. The maximum Gasteiger partial charge on any atom is 0.348 e. The van der Waals surface area contributed by atoms with E-state index in [4.69, 9.17) is 0 Å². The quantitative estimate of drug-likeness (QED) is 0.834. The van der Waals surface area contributed by atoms with Crippen LogP contribution in [0.15, 0.2) is 17.1 Å². The van der Waals surface area contributed by atoms with Gasteiger partial charge in [-0.2, -0.15) is 4.98 Å². The summed E-state index contributed by atoms with van der Waals surface area (Å²) >= 11 is 1.50. The Morgan fingerprint density at radius 2 is 2.18 bits per heavy atom. The monoisotopic (exact) mass is 326 g/mol. The molecule has 4 nitrogen and oxygen atoms in total. The van der Waals surface area contributed by atoms with Gasteiger partial charge in [0.25, 0.3) is 0 Å². The average molecular weight is 326 g/mol. The van der Waals surface area contributed by atoms with Crippen molar-refractivity contribution >= 4 is 17.5 Å². The molecule has 0 amide bonds. The third kappa shape index (κ3) is 3.42. The van der Waals surface area contributed by atoms with Crippen molar-refractivity contribution in [2.75, 3.05) is 0 Å². The number of hydrogen-bond acceptors (Lipinski definition) is 4. The van der Waals surface area contributed by atoms with E-state index in [1.165, 1.54) is 16.3 Å². The summed E-state index contributed by atoms with van der Waals surface area (Å²) in [4.78, 5) is 27.9. The molecule has 0 saturated carbocycles. The van der Waals surface area contributed by atoms with Crippen molar-refractivity contribution in [2.24, 2.45) is 11.8 Å². The molecule has 0 spiro atoms. The second-order valence-corrected chi connectivity index (χ2v) is 7.54. The zero-order valence-electron chi connectivity index (χ0n) is 13.5. The Kier molecular flexibility index (Phi) is 5.42. The summed E-state index contributed by atoms with van der Waals surface area (Å²) in [7, 11) is 0. The van der Waals surface area contributed by atoms with Crippen LogP contribution in [0.2, 0.25) is 0 Å². The van der Waals surface area contributed by atoms with Crippen LogP contribution in [0.4, 0.5) is 4.39 Å². The van der Waals surface area contributed by atoms with Crippen LogP contribution in [-0.4, -0.2) is 26.8 Å². The third-order valence-electron chi connectivity index (χ3n) is 4.24. The minimum atomic E-state index is -1.06. The number of carbonyl (C=O) groups excluding carboxylic acids is 1. The van der Waals surface area contributed by atoms with Crippen molar-refractivity contribution in [3.8, 4) is 0 Å². The Morgan fingerprint density at radius 1 is 1.50 bits per heavy atom. The molecule has 0 N–H and O–H groups in total. The molecule has 1 aliphatic rings. The molecule has 0 unspecified atom stereocenters. The second-order valence-electron chi connectivity index (χ2n) is 6.18. The summed E-state index contributed by atoms with van der Waals surface area (Å²) in [5.41, 5.74) is -0.0170. The van der Waals surface area contributed by atoms with Crippen molar-refractivity contribution in [3.63, 3.8) is 0 Å². The summed E-state index contributed by atoms with van der Waals surface area (Å²) in [6.45, 7) is 7.56. The molecule has 0 aromatic carbocycles. The lowest BCUT2D eigenvalue weighted by atomic mass is 10.0. The lowest BCUT2D eigenvalue weighted by molar-refractivity contribution is -0.121. The summed E-state index contributed by atoms with van der Waals surface area (Å²) in [5, 5.41) is -0.302. The highest BCUT2D eigenvalue weighted by Gasteiger charge is 2.42. The van der Waals surface area contributed by atoms with E-state index in [9.17, 15) is 14.0 Å². The van der Waals surface area contributed by atoms with Gasteiger partial charge in [-0.25, -0.2) is 9.18 Å². The number of ketones is 1. The van der Waals surface area contributed by atoms with Crippen LogP contribution in [0.25, 0.3) is 0 Å². The Balaban J connectivity index is 2.20. The Bertz CT molecular complexity index is 602. The summed E-state index contributed by atoms with van der Waals surface area (Å²) in [6.07, 6.45) is 1.55. The van der Waals surface area contributed by atoms with Gasteiger partial charge in [0.1, 0.15) is 17.3 Å². The molecule has 1 aromatic heterocycles. The zero-order valence-corrected chi connectivity index (χ0v) is 14.3. The van der Waals surface area contributed by atoms with Gasteiger partial charge in [0, 0.05) is 29.7 Å². The molecule has 1 aromatic rings. The van der Waals surface area contributed by atoms with Crippen molar-refractivity contribution in [2.45, 2.75) is 57.3 Å². The third-order valence-corrected chi connectivity index (χ3v) is 6.12. The van der Waals surface area contributed by atoms with E-state index in [1.54, 1.807) is 12.3 Å². The van der Waals surface area contributed by atoms with Gasteiger partial charge in [-0.3, -0.25) is 9.36 Å². The van der Waals surface area contributed by atoms with Crippen LogP contribution in [-0.2, 0) is 11.2 Å². The Morgan fingerprint density at radius 3 is 2.68 bits per heavy atom. The first-order valence-corrected chi connectivity index (χ1v) is 8.69. The van der Waals surface area contributed by atoms with E-state index in [0.717, 1.165) is 6.42 Å². The van der Waals surface area contributed by atoms with E-state index in [-0.39, 0.29) is 29.3 Å². The lowest BCUT2D eigenvalue weighted by Crippen LogP contribution is -2.30. The molecular formula is C16H23FN2O2S. The number of carbonyl (C=O) groups is 1. The van der Waals surface area contributed by atoms with E-state index in [2.05, 4.69) is 4.98 Å². The van der Waals surface area contributed by atoms with Crippen molar-refractivity contribution in [3.05, 3.63) is 28.4 Å². The number of Topliss-reactive ketones (excluding diaryl/α,β-unsaturated/α-hetero) is 1. The smallest absolute Gasteiger partial charge is 0.299 e. The van der Waals surface area contributed by atoms with Crippen LogP contribution < -0.4 is 5.69 Å². The first-order valence-electron chi connectivity index (χ1n) is 7.75. The maximum atomic E-state index is 14.4. The minimum absolute atomic E-state index is 0.0444. The fourth-order valence-electron chi connectivity index (χ4n) is 2.65. The summed E-state index contributed by atoms with van der Waals surface area (Å²) in [6, 6.07) is 1.65. The fraction of sp³-hybridized carbons (Fsp3) is 0.688. The van der Waals surface area contributed by atoms with Crippen LogP contribution in [0.5, 0.6) is 0 Å². The molecule has 2 rings (SSSR count). The predicted octanol–water partition coefficient (Wildman–Crippen LogP) is 3.01. The topological polar surface area (TPSA) is 52.0 Å². The van der Waals surface area contributed by atoms with E-state index < -0.39 is 17.2 Å². The van der Waals surface area contributed by atoms with Gasteiger partial charge in [-0.05, 0) is 12.5 Å². The van der Waals surface area contributed by atoms with Gasteiger partial charge in [0.2, 0.25) is 0 Å². The summed E-state index contributed by atoms with van der Waals surface area (Å²) < 4.78 is 15.8. The minimum Gasteiger partial charge on any atom is -0.299 e. The van der Waals surface area contributed by atoms with E-state index in [1.807, 2.05) is 27.7 Å². The fourth-order valence-corrected chi connectivity index (χ4v) is 4.29. The standard InChI is InChI=1S/C16H23FN2O2S/c1-5-13-10(4)14(17)15(22-13)19-7-6-11(18-16(19)21)8-12(20)9(2)3/h6-7,9-10,13-15H,5,8H2,1-4H3/t10-,13-,14+,15-/m1/s1. The molecule has 1 fully saturated rings. The van der Waals surface area contributed by atoms with Crippen molar-refractivity contribution in [1.82, 2.24) is 9.55 Å². The Labute approximate surface area is 134 Å². The molecule has 2 heterocycles. The second kappa shape index (κ2) is 6.94. The number of alkyl halides is 1. The highest BCUT2D eigenvalue weighted by atomic mass is 32.2. The highest BCUT2D eigenvalue weighted by molar-refractivity contribution is 8.00. The molecule has 1 aliphatic heterocycles. The number of nitrogens with zero attached hydrogens (tertiary/aromatic N) is 2. The van der Waals surface area contributed by atoms with E-state index >= 15 is 0 Å². The lowest BCUT2D eigenvalue weighted by Gasteiger charge is -2.16. The average Bonchev–Trinajstić information content (AvgIpc) is 2.75. The van der Waals surface area contributed by atoms with Crippen LogP contribution in [0.3, 0.4) is 0 Å². The first kappa shape index (κ1) is 17.2. The maximum absolute atomic E-state index is 14.4. The molecule has 0 radical (unpaired) electrons. The number of aromatic nitrogens is 2. The normalized spacial score (nSPS) is 28.3. The largest absolute Gasteiger partial charge is 0.348 e. The summed E-state index contributed by atoms with van der Waals surface area (Å²) in [5.74, 6) is -0.118. The first-order chi connectivity index (χ1) is 10.3. The van der Waals surface area contributed by atoms with Gasteiger partial charge in [0.05, 0.1) is 5.69 Å². The number of thioether (sulfide) groups is 1. The molecular weight excluding hydrogens is 303 g/mol. The molecule has 22 heavy (non-hydrogen) atoms. The molecule has 0 bridgehead atoms. The molecule has 1 saturated heterocycles. The van der Waals surface area contributed by atoms with E-state index in [0.29, 0.717) is 5.69 Å². The van der Waals surface area contributed by atoms with Crippen molar-refractivity contribution < 1.29 is 9.18 Å². The zero-order chi connectivity index (χ0) is 16.4. The Hall–Kier alpha value is -1.17. The van der Waals surface area contributed by atoms with Gasteiger partial charge >= 0.3 is 5.69 Å². The number of halogens is 1. The number of rotatable bonds is 5. The molecule has 4 atom stereocenters. The van der Waals surface area contributed by atoms with Gasteiger partial charge in [0.15, 0.2) is 0 Å². The van der Waals surface area contributed by atoms with Crippen molar-refractivity contribution in [1.29, 1.82) is 0 Å². The highest BCUT2D eigenvalue weighted by Crippen LogP contribution is 2.47. The van der Waals surface area contributed by atoms with Crippen LogP contribution in [0.1, 0.15) is 45.2 Å².